The summed E-state index contributed by atoms with van der Waals surface area (Å²) in [7, 11) is 0. The molecule has 0 aliphatic rings. The van der Waals surface area contributed by atoms with Crippen molar-refractivity contribution >= 4 is 23.4 Å². The van der Waals surface area contributed by atoms with Gasteiger partial charge in [-0.2, -0.15) is 23.4 Å². The molecule has 154 valence electrons. The van der Waals surface area contributed by atoms with Crippen molar-refractivity contribution in [2.24, 2.45) is 0 Å². The van der Waals surface area contributed by atoms with E-state index in [9.17, 15) is 13.2 Å². The number of alkyl halides is 3. The van der Waals surface area contributed by atoms with Gasteiger partial charge < -0.3 is 4.74 Å². The van der Waals surface area contributed by atoms with Crippen LogP contribution in [-0.2, 0) is 19.2 Å². The number of benzene rings is 2. The molecule has 0 saturated heterocycles. The maximum Gasteiger partial charge on any atom is 0.417 e. The zero-order valence-corrected chi connectivity index (χ0v) is 17.3. The molecule has 9 heteroatoms. The van der Waals surface area contributed by atoms with Gasteiger partial charge in [-0.05, 0) is 47.3 Å². The van der Waals surface area contributed by atoms with Crippen LogP contribution in [0.1, 0.15) is 29.2 Å². The first kappa shape index (κ1) is 21.9. The van der Waals surface area contributed by atoms with E-state index in [2.05, 4.69) is 9.97 Å². The molecular formula is C21H15ClF3N3OS. The van der Waals surface area contributed by atoms with Crippen LogP contribution in [0.2, 0.25) is 5.28 Å². The van der Waals surface area contributed by atoms with Gasteiger partial charge in [0.25, 0.3) is 0 Å². The Balaban J connectivity index is 1.86. The number of aromatic nitrogens is 2. The van der Waals surface area contributed by atoms with Crippen molar-refractivity contribution in [3.63, 3.8) is 0 Å². The largest absolute Gasteiger partial charge is 0.472 e. The average molecular weight is 450 g/mol. The molecule has 1 heterocycles. The molecule has 30 heavy (non-hydrogen) atoms. The maximum absolute atomic E-state index is 13.2. The van der Waals surface area contributed by atoms with E-state index in [-0.39, 0.29) is 22.7 Å². The highest BCUT2D eigenvalue weighted by molar-refractivity contribution is 7.99. The minimum absolute atomic E-state index is 0.0348. The van der Waals surface area contributed by atoms with Gasteiger partial charge in [-0.25, -0.2) is 4.98 Å². The predicted molar refractivity (Wildman–Crippen MR) is 107 cm³/mol. The van der Waals surface area contributed by atoms with Crippen molar-refractivity contribution in [2.45, 2.75) is 35.9 Å². The Bertz CT molecular complexity index is 1100. The molecule has 0 aliphatic carbocycles. The first-order valence-corrected chi connectivity index (χ1v) is 10.0. The monoisotopic (exact) mass is 449 g/mol. The van der Waals surface area contributed by atoms with E-state index >= 15 is 0 Å². The lowest BCUT2D eigenvalue weighted by atomic mass is 10.1. The van der Waals surface area contributed by atoms with Gasteiger partial charge >= 0.3 is 6.18 Å². The minimum Gasteiger partial charge on any atom is -0.472 e. The van der Waals surface area contributed by atoms with Crippen LogP contribution in [0.3, 0.4) is 0 Å². The van der Waals surface area contributed by atoms with Gasteiger partial charge in [-0.1, -0.05) is 43.0 Å². The quantitative estimate of drug-likeness (QED) is 0.412. The highest BCUT2D eigenvalue weighted by Crippen LogP contribution is 2.38. The summed E-state index contributed by atoms with van der Waals surface area (Å²) >= 11 is 6.87. The minimum atomic E-state index is -4.64. The van der Waals surface area contributed by atoms with E-state index in [1.807, 2.05) is 31.2 Å². The second kappa shape index (κ2) is 9.37. The number of halogens is 4. The number of aryl methyl sites for hydroxylation is 1. The van der Waals surface area contributed by atoms with Gasteiger partial charge in [0.2, 0.25) is 11.2 Å². The van der Waals surface area contributed by atoms with Crippen LogP contribution in [0.25, 0.3) is 0 Å². The molecule has 3 rings (SSSR count). The summed E-state index contributed by atoms with van der Waals surface area (Å²) in [6, 6.07) is 12.9. The lowest BCUT2D eigenvalue weighted by Gasteiger charge is -2.13. The van der Waals surface area contributed by atoms with Crippen LogP contribution in [0, 0.1) is 11.3 Å². The summed E-state index contributed by atoms with van der Waals surface area (Å²) in [6.45, 7) is 2.27. The molecule has 4 nitrogen and oxygen atoms in total. The SMILES string of the molecule is CCc1cccc(COc2nc(Cl)ncc2Sc2ccc(C#N)c(C(F)(F)F)c2)c1. The van der Waals surface area contributed by atoms with E-state index in [4.69, 9.17) is 21.6 Å². The van der Waals surface area contributed by atoms with Crippen molar-refractivity contribution in [3.8, 4) is 11.9 Å². The first-order valence-electron chi connectivity index (χ1n) is 8.82. The second-order valence-electron chi connectivity index (χ2n) is 6.19. The number of hydrogen-bond acceptors (Lipinski definition) is 5. The van der Waals surface area contributed by atoms with E-state index in [1.54, 1.807) is 6.07 Å². The molecule has 0 unspecified atom stereocenters. The molecule has 0 N–H and O–H groups in total. The second-order valence-corrected chi connectivity index (χ2v) is 7.64. The molecule has 0 amide bonds. The van der Waals surface area contributed by atoms with Gasteiger partial charge in [0.1, 0.15) is 6.61 Å². The van der Waals surface area contributed by atoms with Crippen molar-refractivity contribution < 1.29 is 17.9 Å². The summed E-state index contributed by atoms with van der Waals surface area (Å²) in [5, 5.41) is 8.91. The van der Waals surface area contributed by atoms with Crippen molar-refractivity contribution in [1.29, 1.82) is 5.26 Å². The number of nitrogens with zero attached hydrogens (tertiary/aromatic N) is 3. The fraction of sp³-hybridized carbons (Fsp3) is 0.190. The Morgan fingerprint density at radius 2 is 1.93 bits per heavy atom. The summed E-state index contributed by atoms with van der Waals surface area (Å²) in [4.78, 5) is 8.65. The summed E-state index contributed by atoms with van der Waals surface area (Å²) in [5.74, 6) is 0.166. The van der Waals surface area contributed by atoms with Gasteiger partial charge in [0.15, 0.2) is 0 Å². The first-order chi connectivity index (χ1) is 14.3. The Morgan fingerprint density at radius 3 is 2.63 bits per heavy atom. The highest BCUT2D eigenvalue weighted by Gasteiger charge is 2.34. The Kier molecular flexibility index (Phi) is 6.85. The third-order valence-electron chi connectivity index (χ3n) is 4.11. The molecule has 0 spiro atoms. The molecular weight excluding hydrogens is 435 g/mol. The van der Waals surface area contributed by atoms with Crippen LogP contribution in [0.5, 0.6) is 5.88 Å². The fourth-order valence-electron chi connectivity index (χ4n) is 2.65. The van der Waals surface area contributed by atoms with Crippen molar-refractivity contribution in [3.05, 3.63) is 76.2 Å². The molecule has 0 fully saturated rings. The van der Waals surface area contributed by atoms with Crippen molar-refractivity contribution in [1.82, 2.24) is 9.97 Å². The fourth-order valence-corrected chi connectivity index (χ4v) is 3.63. The zero-order valence-electron chi connectivity index (χ0n) is 15.7. The van der Waals surface area contributed by atoms with Gasteiger partial charge in [0.05, 0.1) is 22.1 Å². The number of ether oxygens (including phenoxy) is 1. The third-order valence-corrected chi connectivity index (χ3v) is 5.28. The molecule has 0 saturated carbocycles. The van der Waals surface area contributed by atoms with Crippen LogP contribution in [0.15, 0.2) is 58.5 Å². The van der Waals surface area contributed by atoms with Crippen LogP contribution in [-0.4, -0.2) is 9.97 Å². The maximum atomic E-state index is 13.2. The van der Waals surface area contributed by atoms with Gasteiger partial charge in [0, 0.05) is 11.1 Å². The summed E-state index contributed by atoms with van der Waals surface area (Å²) in [5.41, 5.74) is 0.650. The number of hydrogen-bond donors (Lipinski definition) is 0. The smallest absolute Gasteiger partial charge is 0.417 e. The van der Waals surface area contributed by atoms with Gasteiger partial charge in [-0.15, -0.1) is 0 Å². The standard InChI is InChI=1S/C21H15ClF3N3OS/c1-2-13-4-3-5-14(8-13)12-29-19-18(11-27-20(22)28-19)30-16-7-6-15(10-26)17(9-16)21(23,24)25/h3-9,11H,2,12H2,1H3. The lowest BCUT2D eigenvalue weighted by Crippen LogP contribution is -2.07. The van der Waals surface area contributed by atoms with E-state index in [0.29, 0.717) is 4.90 Å². The van der Waals surface area contributed by atoms with E-state index in [0.717, 1.165) is 41.4 Å². The Morgan fingerprint density at radius 1 is 1.17 bits per heavy atom. The van der Waals surface area contributed by atoms with Crippen LogP contribution in [0.4, 0.5) is 13.2 Å². The molecule has 3 aromatic rings. The molecule has 0 bridgehead atoms. The predicted octanol–water partition coefficient (Wildman–Crippen LogP) is 6.31. The molecule has 1 aromatic heterocycles. The number of nitriles is 1. The lowest BCUT2D eigenvalue weighted by molar-refractivity contribution is -0.137. The molecule has 0 atom stereocenters. The number of rotatable bonds is 6. The summed E-state index contributed by atoms with van der Waals surface area (Å²) < 4.78 is 45.5. The summed E-state index contributed by atoms with van der Waals surface area (Å²) in [6.07, 6.45) is -2.36. The zero-order chi connectivity index (χ0) is 21.7. The average Bonchev–Trinajstić information content (AvgIpc) is 2.73. The van der Waals surface area contributed by atoms with Crippen molar-refractivity contribution in [2.75, 3.05) is 0 Å². The Hall–Kier alpha value is -2.76. The van der Waals surface area contributed by atoms with E-state index in [1.165, 1.54) is 12.3 Å². The third kappa shape index (κ3) is 5.43. The van der Waals surface area contributed by atoms with Crippen LogP contribution >= 0.6 is 23.4 Å². The molecule has 0 radical (unpaired) electrons. The molecule has 0 aliphatic heterocycles. The highest BCUT2D eigenvalue weighted by atomic mass is 35.5. The van der Waals surface area contributed by atoms with Crippen LogP contribution < -0.4 is 4.74 Å². The topological polar surface area (TPSA) is 58.8 Å². The Labute approximate surface area is 180 Å². The molecule has 2 aromatic carbocycles. The normalized spacial score (nSPS) is 11.2. The van der Waals surface area contributed by atoms with Gasteiger partial charge in [-0.3, -0.25) is 0 Å². The van der Waals surface area contributed by atoms with E-state index < -0.39 is 17.3 Å².